The van der Waals surface area contributed by atoms with Crippen molar-refractivity contribution < 1.29 is 9.53 Å². The van der Waals surface area contributed by atoms with E-state index in [9.17, 15) is 4.79 Å². The van der Waals surface area contributed by atoms with Crippen molar-refractivity contribution in [2.75, 3.05) is 19.6 Å². The first-order valence-corrected chi connectivity index (χ1v) is 11.7. The van der Waals surface area contributed by atoms with Crippen LogP contribution in [0.25, 0.3) is 5.69 Å². The summed E-state index contributed by atoms with van der Waals surface area (Å²) in [5.41, 5.74) is 6.18. The highest BCUT2D eigenvalue weighted by molar-refractivity contribution is 5.93. The van der Waals surface area contributed by atoms with E-state index in [0.29, 0.717) is 18.8 Å². The molecule has 3 heterocycles. The molecule has 0 saturated carbocycles. The van der Waals surface area contributed by atoms with E-state index in [4.69, 9.17) is 4.74 Å². The number of carbonyl (C=O) groups excluding carboxylic acids is 1. The number of aromatic nitrogens is 3. The predicted octanol–water partition coefficient (Wildman–Crippen LogP) is 3.38. The van der Waals surface area contributed by atoms with Crippen LogP contribution in [0.3, 0.4) is 0 Å². The molecule has 1 saturated heterocycles. The Morgan fingerprint density at radius 1 is 1.06 bits per heavy atom. The van der Waals surface area contributed by atoms with Gasteiger partial charge in [-0.15, -0.1) is 5.10 Å². The maximum absolute atomic E-state index is 13.2. The molecule has 0 aliphatic carbocycles. The lowest BCUT2D eigenvalue weighted by molar-refractivity contribution is -0.0587. The van der Waals surface area contributed by atoms with Crippen LogP contribution in [-0.4, -0.2) is 62.5 Å². The third kappa shape index (κ3) is 4.43. The molecule has 0 bridgehead atoms. The van der Waals surface area contributed by atoms with Crippen LogP contribution in [-0.2, 0) is 24.2 Å². The zero-order valence-electron chi connectivity index (χ0n) is 19.6. The van der Waals surface area contributed by atoms with Gasteiger partial charge in [0.15, 0.2) is 5.69 Å². The van der Waals surface area contributed by atoms with E-state index >= 15 is 0 Å². The smallest absolute Gasteiger partial charge is 0.276 e. The van der Waals surface area contributed by atoms with E-state index in [-0.39, 0.29) is 18.1 Å². The van der Waals surface area contributed by atoms with Gasteiger partial charge in [0.1, 0.15) is 0 Å². The molecule has 5 rings (SSSR count). The third-order valence-corrected chi connectivity index (χ3v) is 6.60. The lowest BCUT2D eigenvalue weighted by Crippen LogP contribution is -2.48. The number of morpholine rings is 1. The molecule has 2 atom stereocenters. The summed E-state index contributed by atoms with van der Waals surface area (Å²) in [5, 5.41) is 8.72. The molecule has 3 aromatic rings. The van der Waals surface area contributed by atoms with E-state index in [1.165, 1.54) is 16.7 Å². The number of ether oxygens (including phenoxy) is 1. The first-order valence-electron chi connectivity index (χ1n) is 11.7. The van der Waals surface area contributed by atoms with Gasteiger partial charge in [-0.3, -0.25) is 9.69 Å². The largest absolute Gasteiger partial charge is 0.372 e. The molecule has 0 spiro atoms. The van der Waals surface area contributed by atoms with Crippen LogP contribution >= 0.6 is 0 Å². The van der Waals surface area contributed by atoms with Crippen LogP contribution in [0.1, 0.15) is 46.7 Å². The van der Waals surface area contributed by atoms with Crippen LogP contribution in [0.5, 0.6) is 0 Å². The quantitative estimate of drug-likeness (QED) is 0.616. The molecule has 7 nitrogen and oxygen atoms in total. The SMILES string of the molecule is Cc1c(C(=O)N2CC(C)OC(C)C2)nnn1-c1cccc2c1CCN(Cc1ccccc1)C2. The number of hydrogen-bond donors (Lipinski definition) is 0. The lowest BCUT2D eigenvalue weighted by atomic mass is 9.97. The van der Waals surface area contributed by atoms with E-state index in [1.54, 1.807) is 0 Å². The highest BCUT2D eigenvalue weighted by Crippen LogP contribution is 2.27. The third-order valence-electron chi connectivity index (χ3n) is 6.60. The van der Waals surface area contributed by atoms with E-state index in [2.05, 4.69) is 63.7 Å². The van der Waals surface area contributed by atoms with Gasteiger partial charge in [-0.05, 0) is 49.9 Å². The van der Waals surface area contributed by atoms with Crippen LogP contribution in [0, 0.1) is 6.92 Å². The van der Waals surface area contributed by atoms with Crippen molar-refractivity contribution in [1.82, 2.24) is 24.8 Å². The molecule has 1 aromatic heterocycles. The number of rotatable bonds is 4. The van der Waals surface area contributed by atoms with Crippen LogP contribution in [0.2, 0.25) is 0 Å². The molecule has 0 radical (unpaired) electrons. The van der Waals surface area contributed by atoms with E-state index in [1.807, 2.05) is 30.4 Å². The summed E-state index contributed by atoms with van der Waals surface area (Å²) in [5.74, 6) is -0.0698. The predicted molar refractivity (Wildman–Crippen MR) is 126 cm³/mol. The van der Waals surface area contributed by atoms with Crippen molar-refractivity contribution in [2.24, 2.45) is 0 Å². The number of hydrogen-bond acceptors (Lipinski definition) is 5. The highest BCUT2D eigenvalue weighted by atomic mass is 16.5. The minimum absolute atomic E-state index is 0.0213. The van der Waals surface area contributed by atoms with Gasteiger partial charge in [-0.2, -0.15) is 0 Å². The minimum Gasteiger partial charge on any atom is -0.372 e. The summed E-state index contributed by atoms with van der Waals surface area (Å²) in [6.07, 6.45) is 0.987. The molecule has 2 unspecified atom stereocenters. The van der Waals surface area contributed by atoms with Crippen molar-refractivity contribution >= 4 is 5.91 Å². The number of benzene rings is 2. The first-order chi connectivity index (χ1) is 16.0. The van der Waals surface area contributed by atoms with Crippen molar-refractivity contribution in [3.63, 3.8) is 0 Å². The van der Waals surface area contributed by atoms with Crippen molar-refractivity contribution in [1.29, 1.82) is 0 Å². The lowest BCUT2D eigenvalue weighted by Gasteiger charge is -2.35. The fourth-order valence-corrected chi connectivity index (χ4v) is 5.07. The second-order valence-electron chi connectivity index (χ2n) is 9.26. The summed E-state index contributed by atoms with van der Waals surface area (Å²) in [7, 11) is 0. The molecule has 1 fully saturated rings. The molecule has 2 aromatic carbocycles. The van der Waals surface area contributed by atoms with Crippen LogP contribution < -0.4 is 0 Å². The van der Waals surface area contributed by atoms with Crippen LogP contribution in [0.4, 0.5) is 0 Å². The van der Waals surface area contributed by atoms with E-state index < -0.39 is 0 Å². The van der Waals surface area contributed by atoms with Gasteiger partial charge in [0.2, 0.25) is 0 Å². The van der Waals surface area contributed by atoms with Gasteiger partial charge in [-0.1, -0.05) is 47.7 Å². The Hall–Kier alpha value is -3.03. The molecule has 33 heavy (non-hydrogen) atoms. The Kier molecular flexibility index (Phi) is 6.00. The van der Waals surface area contributed by atoms with Gasteiger partial charge >= 0.3 is 0 Å². The average Bonchev–Trinajstić information content (AvgIpc) is 3.19. The van der Waals surface area contributed by atoms with Gasteiger partial charge < -0.3 is 9.64 Å². The highest BCUT2D eigenvalue weighted by Gasteiger charge is 2.30. The van der Waals surface area contributed by atoms with E-state index in [0.717, 1.165) is 37.4 Å². The van der Waals surface area contributed by atoms with Gasteiger partial charge in [0.25, 0.3) is 5.91 Å². The molecule has 0 N–H and O–H groups in total. The molecular weight excluding hydrogens is 414 g/mol. The van der Waals surface area contributed by atoms with Gasteiger partial charge in [0.05, 0.1) is 23.6 Å². The number of amides is 1. The Morgan fingerprint density at radius 2 is 1.82 bits per heavy atom. The molecule has 1 amide bonds. The Bertz CT molecular complexity index is 1130. The Labute approximate surface area is 195 Å². The Balaban J connectivity index is 1.38. The standard InChI is InChI=1S/C26H31N5O2/c1-18-14-30(15-19(2)33-18)26(32)25-20(3)31(28-27-25)24-11-7-10-22-17-29(13-12-23(22)24)16-21-8-5-4-6-9-21/h4-11,18-19H,12-17H2,1-3H3. The molecule has 7 heteroatoms. The van der Waals surface area contributed by atoms with Crippen molar-refractivity contribution in [2.45, 2.75) is 52.5 Å². The summed E-state index contributed by atoms with van der Waals surface area (Å²) >= 11 is 0. The number of fused-ring (bicyclic) bond motifs is 1. The maximum Gasteiger partial charge on any atom is 0.276 e. The second kappa shape index (κ2) is 9.08. The second-order valence-corrected chi connectivity index (χ2v) is 9.26. The Morgan fingerprint density at radius 3 is 2.58 bits per heavy atom. The fourth-order valence-electron chi connectivity index (χ4n) is 5.07. The molecule has 172 valence electrons. The number of carbonyl (C=O) groups is 1. The maximum atomic E-state index is 13.2. The normalized spacial score (nSPS) is 21.1. The topological polar surface area (TPSA) is 63.5 Å². The summed E-state index contributed by atoms with van der Waals surface area (Å²) in [6.45, 7) is 9.92. The average molecular weight is 446 g/mol. The number of nitrogens with zero attached hydrogens (tertiary/aromatic N) is 5. The van der Waals surface area contributed by atoms with Crippen molar-refractivity contribution in [3.8, 4) is 5.69 Å². The van der Waals surface area contributed by atoms with Crippen molar-refractivity contribution in [3.05, 3.63) is 76.6 Å². The summed E-state index contributed by atoms with van der Waals surface area (Å²) < 4.78 is 7.62. The zero-order chi connectivity index (χ0) is 22.9. The molecular formula is C26H31N5O2. The van der Waals surface area contributed by atoms with Crippen LogP contribution in [0.15, 0.2) is 48.5 Å². The fraction of sp³-hybridized carbons (Fsp3) is 0.423. The summed E-state index contributed by atoms with van der Waals surface area (Å²) in [4.78, 5) is 17.5. The molecule has 2 aliphatic rings. The minimum atomic E-state index is -0.0698. The van der Waals surface area contributed by atoms with Gasteiger partial charge in [0, 0.05) is 32.7 Å². The first kappa shape index (κ1) is 21.8. The monoisotopic (exact) mass is 445 g/mol. The zero-order valence-corrected chi connectivity index (χ0v) is 19.6. The summed E-state index contributed by atoms with van der Waals surface area (Å²) in [6, 6.07) is 17.0. The molecule has 2 aliphatic heterocycles. The van der Waals surface area contributed by atoms with Gasteiger partial charge in [-0.25, -0.2) is 4.68 Å².